The molecular weight excluding hydrogens is 256 g/mol. The molecule has 0 aliphatic carbocycles. The molecule has 1 heterocycles. The highest BCUT2D eigenvalue weighted by molar-refractivity contribution is 7.09. The minimum Gasteiger partial charge on any atom is -0.292 e. The summed E-state index contributed by atoms with van der Waals surface area (Å²) in [6.07, 6.45) is 0. The maximum absolute atomic E-state index is 10.6. The van der Waals surface area contributed by atoms with Gasteiger partial charge in [0.1, 0.15) is 6.04 Å². The minimum absolute atomic E-state index is 0.177. The van der Waals surface area contributed by atoms with Crippen LogP contribution in [0.4, 0.5) is 0 Å². The molecule has 19 heavy (non-hydrogen) atoms. The van der Waals surface area contributed by atoms with Crippen molar-refractivity contribution in [3.63, 3.8) is 0 Å². The van der Waals surface area contributed by atoms with Gasteiger partial charge in [0.05, 0.1) is 0 Å². The van der Waals surface area contributed by atoms with Crippen molar-refractivity contribution in [3.8, 4) is 0 Å². The first-order valence-electron chi connectivity index (χ1n) is 6.39. The van der Waals surface area contributed by atoms with Gasteiger partial charge in [-0.05, 0) is 23.9 Å². The highest BCUT2D eigenvalue weighted by Crippen LogP contribution is 2.15. The molecule has 1 aromatic carbocycles. The Morgan fingerprint density at radius 2 is 1.95 bits per heavy atom. The number of nitrogens with zero attached hydrogens (tertiary/aromatic N) is 2. The molecule has 4 heteroatoms. The van der Waals surface area contributed by atoms with Crippen molar-refractivity contribution in [2.45, 2.75) is 26.1 Å². The first-order chi connectivity index (χ1) is 9.28. The summed E-state index contributed by atoms with van der Waals surface area (Å²) in [5.41, 5.74) is 1.26. The van der Waals surface area contributed by atoms with E-state index in [0.29, 0.717) is 6.54 Å². The SMILES string of the molecule is CC(CN(Cc1ccccc1)Cc1cccs1)N=O. The smallest absolute Gasteiger partial charge is 0.102 e. The van der Waals surface area contributed by atoms with Gasteiger partial charge >= 0.3 is 0 Å². The van der Waals surface area contributed by atoms with E-state index in [2.05, 4.69) is 39.7 Å². The van der Waals surface area contributed by atoms with Crippen LogP contribution < -0.4 is 0 Å². The maximum Gasteiger partial charge on any atom is 0.102 e. The van der Waals surface area contributed by atoms with E-state index in [9.17, 15) is 4.91 Å². The predicted octanol–water partition coefficient (Wildman–Crippen LogP) is 3.91. The Kier molecular flexibility index (Phi) is 5.24. The zero-order chi connectivity index (χ0) is 13.5. The summed E-state index contributed by atoms with van der Waals surface area (Å²) in [6.45, 7) is 4.26. The molecule has 0 aliphatic rings. The van der Waals surface area contributed by atoms with Gasteiger partial charge in [-0.15, -0.1) is 11.3 Å². The molecule has 1 unspecified atom stereocenters. The summed E-state index contributed by atoms with van der Waals surface area (Å²) in [7, 11) is 0. The number of hydrogen-bond donors (Lipinski definition) is 0. The van der Waals surface area contributed by atoms with E-state index < -0.39 is 0 Å². The molecule has 0 bridgehead atoms. The lowest BCUT2D eigenvalue weighted by molar-refractivity contribution is 0.246. The van der Waals surface area contributed by atoms with Crippen LogP contribution in [0.1, 0.15) is 17.4 Å². The molecule has 0 spiro atoms. The van der Waals surface area contributed by atoms with Gasteiger partial charge in [0, 0.05) is 24.5 Å². The molecule has 0 N–H and O–H groups in total. The summed E-state index contributed by atoms with van der Waals surface area (Å²) >= 11 is 1.75. The van der Waals surface area contributed by atoms with Crippen molar-refractivity contribution in [2.24, 2.45) is 5.18 Å². The average Bonchev–Trinajstić information content (AvgIpc) is 2.92. The molecular formula is C15H18N2OS. The zero-order valence-electron chi connectivity index (χ0n) is 11.0. The normalized spacial score (nSPS) is 12.5. The molecule has 0 saturated carbocycles. The lowest BCUT2D eigenvalue weighted by atomic mass is 10.2. The fourth-order valence-corrected chi connectivity index (χ4v) is 2.80. The van der Waals surface area contributed by atoms with E-state index in [-0.39, 0.29) is 6.04 Å². The van der Waals surface area contributed by atoms with Crippen LogP contribution in [0.3, 0.4) is 0 Å². The molecule has 1 atom stereocenters. The maximum atomic E-state index is 10.6. The number of thiophene rings is 1. The molecule has 100 valence electrons. The van der Waals surface area contributed by atoms with Crippen LogP contribution >= 0.6 is 11.3 Å². The summed E-state index contributed by atoms with van der Waals surface area (Å²) in [6, 6.07) is 14.3. The molecule has 0 fully saturated rings. The number of rotatable bonds is 7. The Balaban J connectivity index is 2.03. The van der Waals surface area contributed by atoms with Crippen molar-refractivity contribution >= 4 is 11.3 Å². The van der Waals surface area contributed by atoms with Crippen LogP contribution in [0.5, 0.6) is 0 Å². The molecule has 0 radical (unpaired) electrons. The predicted molar refractivity (Wildman–Crippen MR) is 80.1 cm³/mol. The summed E-state index contributed by atoms with van der Waals surface area (Å²) in [5.74, 6) is 0. The van der Waals surface area contributed by atoms with Crippen LogP contribution in [0.25, 0.3) is 0 Å². The van der Waals surface area contributed by atoms with Gasteiger partial charge in [0.25, 0.3) is 0 Å². The Morgan fingerprint density at radius 3 is 2.58 bits per heavy atom. The Bertz CT molecular complexity index is 484. The van der Waals surface area contributed by atoms with Gasteiger partial charge in [-0.1, -0.05) is 41.6 Å². The molecule has 0 saturated heterocycles. The quantitative estimate of drug-likeness (QED) is 0.717. The van der Waals surface area contributed by atoms with Crippen molar-refractivity contribution in [1.29, 1.82) is 0 Å². The van der Waals surface area contributed by atoms with Crippen molar-refractivity contribution in [2.75, 3.05) is 6.54 Å². The van der Waals surface area contributed by atoms with E-state index in [4.69, 9.17) is 0 Å². The second-order valence-corrected chi connectivity index (χ2v) is 5.72. The van der Waals surface area contributed by atoms with E-state index in [1.807, 2.05) is 25.1 Å². The van der Waals surface area contributed by atoms with Crippen molar-refractivity contribution in [3.05, 3.63) is 63.2 Å². The van der Waals surface area contributed by atoms with Crippen LogP contribution in [0, 0.1) is 4.91 Å². The highest BCUT2D eigenvalue weighted by Gasteiger charge is 2.12. The monoisotopic (exact) mass is 274 g/mol. The standard InChI is InChI=1S/C15H18N2OS/c1-13(16-18)10-17(12-15-8-5-9-19-15)11-14-6-3-2-4-7-14/h2-9,13H,10-12H2,1H3. The summed E-state index contributed by atoms with van der Waals surface area (Å²) in [4.78, 5) is 14.2. The lowest BCUT2D eigenvalue weighted by Gasteiger charge is -2.22. The van der Waals surface area contributed by atoms with Crippen LogP contribution in [0.2, 0.25) is 0 Å². The lowest BCUT2D eigenvalue weighted by Crippen LogP contribution is -2.29. The van der Waals surface area contributed by atoms with Crippen LogP contribution in [-0.2, 0) is 13.1 Å². The van der Waals surface area contributed by atoms with E-state index in [0.717, 1.165) is 13.1 Å². The third-order valence-electron chi connectivity index (χ3n) is 2.91. The van der Waals surface area contributed by atoms with Gasteiger partial charge in [-0.2, -0.15) is 4.91 Å². The van der Waals surface area contributed by atoms with E-state index in [1.54, 1.807) is 11.3 Å². The first kappa shape index (κ1) is 13.9. The zero-order valence-corrected chi connectivity index (χ0v) is 11.8. The second kappa shape index (κ2) is 7.16. The first-order valence-corrected chi connectivity index (χ1v) is 7.27. The Labute approximate surface area is 117 Å². The highest BCUT2D eigenvalue weighted by atomic mass is 32.1. The fraction of sp³-hybridized carbons (Fsp3) is 0.333. The molecule has 2 rings (SSSR count). The minimum atomic E-state index is -0.177. The van der Waals surface area contributed by atoms with Crippen LogP contribution in [-0.4, -0.2) is 17.5 Å². The molecule has 3 nitrogen and oxygen atoms in total. The fourth-order valence-electron chi connectivity index (χ4n) is 2.06. The van der Waals surface area contributed by atoms with E-state index >= 15 is 0 Å². The molecule has 2 aromatic rings. The van der Waals surface area contributed by atoms with Crippen molar-refractivity contribution < 1.29 is 0 Å². The molecule has 0 amide bonds. The van der Waals surface area contributed by atoms with Gasteiger partial charge in [-0.3, -0.25) is 4.90 Å². The van der Waals surface area contributed by atoms with Gasteiger partial charge < -0.3 is 0 Å². The van der Waals surface area contributed by atoms with Gasteiger partial charge in [-0.25, -0.2) is 0 Å². The molecule has 1 aromatic heterocycles. The largest absolute Gasteiger partial charge is 0.292 e. The Hall–Kier alpha value is -1.52. The summed E-state index contributed by atoms with van der Waals surface area (Å²) < 4.78 is 0. The number of nitroso groups, excluding NO2 is 1. The molecule has 0 aliphatic heterocycles. The number of hydrogen-bond acceptors (Lipinski definition) is 4. The average molecular weight is 274 g/mol. The Morgan fingerprint density at radius 1 is 1.16 bits per heavy atom. The van der Waals surface area contributed by atoms with Gasteiger partial charge in [0.2, 0.25) is 0 Å². The van der Waals surface area contributed by atoms with Gasteiger partial charge in [0.15, 0.2) is 0 Å². The van der Waals surface area contributed by atoms with Crippen LogP contribution in [0.15, 0.2) is 53.0 Å². The topological polar surface area (TPSA) is 32.7 Å². The van der Waals surface area contributed by atoms with E-state index in [1.165, 1.54) is 10.4 Å². The third-order valence-corrected chi connectivity index (χ3v) is 3.77. The van der Waals surface area contributed by atoms with Crippen molar-refractivity contribution in [1.82, 2.24) is 4.90 Å². The third kappa shape index (κ3) is 4.58. The summed E-state index contributed by atoms with van der Waals surface area (Å²) in [5, 5.41) is 5.19. The second-order valence-electron chi connectivity index (χ2n) is 4.69. The number of benzene rings is 1.